The van der Waals surface area contributed by atoms with E-state index in [1.807, 2.05) is 0 Å². The monoisotopic (exact) mass is 223 g/mol. The van der Waals surface area contributed by atoms with Gasteiger partial charge in [-0.2, -0.15) is 5.26 Å². The third-order valence-electron chi connectivity index (χ3n) is 2.43. The summed E-state index contributed by atoms with van der Waals surface area (Å²) in [6.45, 7) is 4.43. The number of allylic oxidation sites excluding steroid dienone is 1. The van der Waals surface area contributed by atoms with Crippen LogP contribution < -0.4 is 0 Å². The first-order valence-corrected chi connectivity index (χ1v) is 5.91. The Bertz CT molecular complexity index is 274. The van der Waals surface area contributed by atoms with Crippen LogP contribution in [0.25, 0.3) is 0 Å². The summed E-state index contributed by atoms with van der Waals surface area (Å²) in [4.78, 5) is 10.5. The van der Waals surface area contributed by atoms with Crippen molar-refractivity contribution >= 4 is 5.97 Å². The number of nitrogens with zero attached hydrogens (tertiary/aromatic N) is 1. The van der Waals surface area contributed by atoms with E-state index in [0.717, 1.165) is 18.8 Å². The van der Waals surface area contributed by atoms with Crippen molar-refractivity contribution in [2.75, 3.05) is 0 Å². The van der Waals surface area contributed by atoms with Gasteiger partial charge in [-0.15, -0.1) is 0 Å². The highest BCUT2D eigenvalue weighted by molar-refractivity contribution is 5.90. The number of unbranched alkanes of at least 4 members (excludes halogenated alkanes) is 4. The summed E-state index contributed by atoms with van der Waals surface area (Å²) in [6, 6.07) is 1.68. The maximum absolute atomic E-state index is 10.5. The van der Waals surface area contributed by atoms with Gasteiger partial charge in [0.2, 0.25) is 0 Å². The van der Waals surface area contributed by atoms with E-state index in [1.165, 1.54) is 25.3 Å². The second-order valence-corrected chi connectivity index (χ2v) is 4.42. The molecule has 3 heteroatoms. The second-order valence-electron chi connectivity index (χ2n) is 4.42. The summed E-state index contributed by atoms with van der Waals surface area (Å²) in [5.74, 6) is -0.362. The molecule has 0 saturated heterocycles. The molecule has 0 spiro atoms. The molecule has 0 saturated carbocycles. The van der Waals surface area contributed by atoms with Gasteiger partial charge in [-0.1, -0.05) is 45.6 Å². The molecule has 3 nitrogen and oxygen atoms in total. The molecule has 0 atom stereocenters. The Hall–Kier alpha value is -1.30. The Balaban J connectivity index is 3.53. The molecule has 0 aromatic heterocycles. The minimum absolute atomic E-state index is 0.137. The van der Waals surface area contributed by atoms with Gasteiger partial charge in [-0.05, 0) is 18.8 Å². The average Bonchev–Trinajstić information content (AvgIpc) is 2.21. The van der Waals surface area contributed by atoms with E-state index in [2.05, 4.69) is 13.8 Å². The molecule has 90 valence electrons. The van der Waals surface area contributed by atoms with Crippen molar-refractivity contribution in [2.45, 2.75) is 52.4 Å². The lowest BCUT2D eigenvalue weighted by atomic mass is 10.0. The van der Waals surface area contributed by atoms with Crippen LogP contribution in [-0.4, -0.2) is 11.1 Å². The van der Waals surface area contributed by atoms with Crippen molar-refractivity contribution in [1.82, 2.24) is 0 Å². The predicted molar refractivity (Wildman–Crippen MR) is 63.9 cm³/mol. The number of aliphatic carboxylic acids is 1. The van der Waals surface area contributed by atoms with E-state index < -0.39 is 5.97 Å². The van der Waals surface area contributed by atoms with E-state index >= 15 is 0 Å². The highest BCUT2D eigenvalue weighted by Crippen LogP contribution is 2.11. The van der Waals surface area contributed by atoms with Gasteiger partial charge in [0.05, 0.1) is 0 Å². The maximum Gasteiger partial charge on any atom is 0.346 e. The molecule has 0 aliphatic heterocycles. The SMILES string of the molecule is CC(C)CCCCCCC=C(C#N)C(=O)O. The van der Waals surface area contributed by atoms with Crippen LogP contribution in [0.5, 0.6) is 0 Å². The van der Waals surface area contributed by atoms with Gasteiger partial charge in [0.15, 0.2) is 0 Å². The number of carbonyl (C=O) groups is 1. The highest BCUT2D eigenvalue weighted by atomic mass is 16.4. The van der Waals surface area contributed by atoms with Gasteiger partial charge in [0.25, 0.3) is 0 Å². The molecule has 0 bridgehead atoms. The van der Waals surface area contributed by atoms with Crippen molar-refractivity contribution in [3.05, 3.63) is 11.6 Å². The first kappa shape index (κ1) is 14.7. The fraction of sp³-hybridized carbons (Fsp3) is 0.692. The third kappa shape index (κ3) is 8.05. The van der Waals surface area contributed by atoms with Crippen LogP contribution in [0.1, 0.15) is 52.4 Å². The second kappa shape index (κ2) is 8.96. The summed E-state index contributed by atoms with van der Waals surface area (Å²) in [5, 5.41) is 17.1. The zero-order valence-corrected chi connectivity index (χ0v) is 10.2. The lowest BCUT2D eigenvalue weighted by Crippen LogP contribution is -1.97. The van der Waals surface area contributed by atoms with Crippen molar-refractivity contribution in [1.29, 1.82) is 5.26 Å². The zero-order valence-electron chi connectivity index (χ0n) is 10.2. The van der Waals surface area contributed by atoms with Gasteiger partial charge < -0.3 is 5.11 Å². The Morgan fingerprint density at radius 2 is 1.94 bits per heavy atom. The molecule has 0 aliphatic rings. The van der Waals surface area contributed by atoms with Crippen LogP contribution >= 0.6 is 0 Å². The average molecular weight is 223 g/mol. The minimum atomic E-state index is -1.12. The fourth-order valence-corrected chi connectivity index (χ4v) is 1.48. The summed E-state index contributed by atoms with van der Waals surface area (Å²) >= 11 is 0. The van der Waals surface area contributed by atoms with Crippen molar-refractivity contribution in [3.63, 3.8) is 0 Å². The highest BCUT2D eigenvalue weighted by Gasteiger charge is 2.03. The number of hydrogen-bond acceptors (Lipinski definition) is 2. The smallest absolute Gasteiger partial charge is 0.346 e. The molecular formula is C13H21NO2. The van der Waals surface area contributed by atoms with Gasteiger partial charge >= 0.3 is 5.97 Å². The van der Waals surface area contributed by atoms with E-state index in [9.17, 15) is 4.79 Å². The van der Waals surface area contributed by atoms with Crippen LogP contribution in [0.3, 0.4) is 0 Å². The molecule has 0 aromatic carbocycles. The number of hydrogen-bond donors (Lipinski definition) is 1. The van der Waals surface area contributed by atoms with Crippen LogP contribution in [-0.2, 0) is 4.79 Å². The number of rotatable bonds is 8. The Labute approximate surface area is 97.8 Å². The summed E-state index contributed by atoms with van der Waals surface area (Å²) < 4.78 is 0. The molecule has 0 amide bonds. The fourth-order valence-electron chi connectivity index (χ4n) is 1.48. The molecule has 1 N–H and O–H groups in total. The summed E-state index contributed by atoms with van der Waals surface area (Å²) in [5.41, 5.74) is -0.137. The summed E-state index contributed by atoms with van der Waals surface area (Å²) in [6.07, 6.45) is 7.99. The molecule has 0 heterocycles. The molecule has 0 rings (SSSR count). The molecule has 0 unspecified atom stereocenters. The van der Waals surface area contributed by atoms with E-state index in [0.29, 0.717) is 6.42 Å². The number of nitriles is 1. The number of carboxylic acid groups (broad SMARTS) is 1. The Kier molecular flexibility index (Phi) is 8.24. The van der Waals surface area contributed by atoms with E-state index in [-0.39, 0.29) is 5.57 Å². The van der Waals surface area contributed by atoms with E-state index in [1.54, 1.807) is 6.07 Å². The first-order chi connectivity index (χ1) is 7.57. The minimum Gasteiger partial charge on any atom is -0.477 e. The van der Waals surface area contributed by atoms with Crippen molar-refractivity contribution < 1.29 is 9.90 Å². The Morgan fingerprint density at radius 1 is 1.31 bits per heavy atom. The lowest BCUT2D eigenvalue weighted by Gasteiger charge is -2.03. The lowest BCUT2D eigenvalue weighted by molar-refractivity contribution is -0.132. The quantitative estimate of drug-likeness (QED) is 0.389. The van der Waals surface area contributed by atoms with Gasteiger partial charge in [0.1, 0.15) is 11.6 Å². The van der Waals surface area contributed by atoms with Gasteiger partial charge in [-0.3, -0.25) is 0 Å². The van der Waals surface area contributed by atoms with Gasteiger partial charge in [-0.25, -0.2) is 4.79 Å². The van der Waals surface area contributed by atoms with Crippen LogP contribution in [0, 0.1) is 17.2 Å². The predicted octanol–water partition coefficient (Wildman–Crippen LogP) is 3.52. The normalized spacial score (nSPS) is 11.5. The molecule has 0 radical (unpaired) electrons. The van der Waals surface area contributed by atoms with Crippen LogP contribution in [0.4, 0.5) is 0 Å². The molecular weight excluding hydrogens is 202 g/mol. The summed E-state index contributed by atoms with van der Waals surface area (Å²) in [7, 11) is 0. The molecule has 0 aliphatic carbocycles. The maximum atomic E-state index is 10.5. The largest absolute Gasteiger partial charge is 0.477 e. The zero-order chi connectivity index (χ0) is 12.4. The molecule has 16 heavy (non-hydrogen) atoms. The Morgan fingerprint density at radius 3 is 2.44 bits per heavy atom. The number of carboxylic acids is 1. The third-order valence-corrected chi connectivity index (χ3v) is 2.43. The first-order valence-electron chi connectivity index (χ1n) is 5.91. The molecule has 0 fully saturated rings. The van der Waals surface area contributed by atoms with Gasteiger partial charge in [0, 0.05) is 0 Å². The standard InChI is InChI=1S/C13H21NO2/c1-11(2)8-6-4-3-5-7-9-12(10-14)13(15)16/h9,11H,3-8H2,1-2H3,(H,15,16). The van der Waals surface area contributed by atoms with Crippen molar-refractivity contribution in [3.8, 4) is 6.07 Å². The van der Waals surface area contributed by atoms with Crippen LogP contribution in [0.2, 0.25) is 0 Å². The van der Waals surface area contributed by atoms with Crippen molar-refractivity contribution in [2.24, 2.45) is 5.92 Å². The molecule has 0 aromatic rings. The van der Waals surface area contributed by atoms with E-state index in [4.69, 9.17) is 10.4 Å². The van der Waals surface area contributed by atoms with Crippen LogP contribution in [0.15, 0.2) is 11.6 Å². The topological polar surface area (TPSA) is 61.1 Å².